The predicted octanol–water partition coefficient (Wildman–Crippen LogP) is 9.29. The topological polar surface area (TPSA) is 4.93 Å². The van der Waals surface area contributed by atoms with Crippen molar-refractivity contribution in [2.75, 3.05) is 0 Å². The number of hydrogen-bond acceptors (Lipinski definition) is 2. The second-order valence-electron chi connectivity index (χ2n) is 16.3. The molecule has 0 saturated heterocycles. The molecule has 5 heterocycles. The van der Waals surface area contributed by atoms with Crippen molar-refractivity contribution in [2.24, 2.45) is 0 Å². The van der Waals surface area contributed by atoms with Gasteiger partial charge in [0, 0.05) is 10.6 Å². The Morgan fingerprint density at radius 1 is 0.344 bits per heavy atom. The van der Waals surface area contributed by atoms with Crippen molar-refractivity contribution in [3.05, 3.63) is 224 Å². The van der Waals surface area contributed by atoms with Crippen LogP contribution in [0.15, 0.2) is 224 Å². The molecule has 8 aromatic carbocycles. The van der Waals surface area contributed by atoms with Crippen molar-refractivity contribution < 1.29 is 0 Å². The fourth-order valence-corrected chi connectivity index (χ4v) is 23.6. The van der Waals surface area contributed by atoms with E-state index < -0.39 is 16.1 Å². The smallest absolute Gasteiger partial charge is 0.180 e. The SMILES string of the molecule is c1ccc([Si]2(c3ccccc3)c3ccccc3-c3cc(-c4cc5c(s4)c4sccc4n5-c4ccc5c(c4)-c4ccccc4[Si]5(c4ccccc4)c4ccccc4)ccc32)cc1. The number of hydrogen-bond donors (Lipinski definition) is 0. The Hall–Kier alpha value is -6.61. The van der Waals surface area contributed by atoms with Crippen LogP contribution in [0.25, 0.3) is 58.8 Å². The van der Waals surface area contributed by atoms with Gasteiger partial charge < -0.3 is 4.57 Å². The van der Waals surface area contributed by atoms with Crippen LogP contribution in [0.2, 0.25) is 0 Å². The summed E-state index contributed by atoms with van der Waals surface area (Å²) in [5, 5.41) is 13.9. The van der Waals surface area contributed by atoms with Gasteiger partial charge in [0.05, 0.1) is 20.4 Å². The summed E-state index contributed by atoms with van der Waals surface area (Å²) in [6, 6.07) is 83.1. The van der Waals surface area contributed by atoms with E-state index in [-0.39, 0.29) is 0 Å². The molecular weight excluding hydrogens is 807 g/mol. The van der Waals surface area contributed by atoms with Crippen molar-refractivity contribution in [3.63, 3.8) is 0 Å². The Kier molecular flexibility index (Phi) is 7.76. The highest BCUT2D eigenvalue weighted by Crippen LogP contribution is 2.45. The van der Waals surface area contributed by atoms with E-state index in [1.165, 1.54) is 100 Å². The minimum absolute atomic E-state index is 1.21. The van der Waals surface area contributed by atoms with Crippen LogP contribution in [0.4, 0.5) is 0 Å². The van der Waals surface area contributed by atoms with Gasteiger partial charge in [0.2, 0.25) is 0 Å². The molecule has 0 fully saturated rings. The maximum atomic E-state index is 2.53. The first-order valence-electron chi connectivity index (χ1n) is 21.0. The fourth-order valence-electron chi connectivity index (χ4n) is 11.1. The van der Waals surface area contributed by atoms with Crippen LogP contribution >= 0.6 is 22.7 Å². The van der Waals surface area contributed by atoms with E-state index in [1.54, 1.807) is 0 Å². The molecule has 2 aliphatic rings. The van der Waals surface area contributed by atoms with Crippen LogP contribution in [-0.4, -0.2) is 20.7 Å². The van der Waals surface area contributed by atoms with Gasteiger partial charge in [-0.3, -0.25) is 0 Å². The lowest BCUT2D eigenvalue weighted by Crippen LogP contribution is -2.72. The molecule has 0 saturated carbocycles. The van der Waals surface area contributed by atoms with Gasteiger partial charge in [-0.2, -0.15) is 0 Å². The van der Waals surface area contributed by atoms with Crippen LogP contribution in [0, 0.1) is 0 Å². The molecule has 0 aliphatic carbocycles. The van der Waals surface area contributed by atoms with Gasteiger partial charge in [-0.1, -0.05) is 188 Å². The molecule has 0 amide bonds. The average Bonchev–Trinajstić information content (AvgIpc) is 4.15. The number of fused-ring (bicyclic) bond motifs is 9. The van der Waals surface area contributed by atoms with Crippen LogP contribution < -0.4 is 41.5 Å². The fraction of sp³-hybridized carbons (Fsp3) is 0. The van der Waals surface area contributed by atoms with E-state index >= 15 is 0 Å². The first kappa shape index (κ1) is 35.2. The van der Waals surface area contributed by atoms with Crippen molar-refractivity contribution in [1.82, 2.24) is 4.57 Å². The minimum Gasteiger partial charge on any atom is -0.307 e. The van der Waals surface area contributed by atoms with Crippen LogP contribution in [0.5, 0.6) is 0 Å². The lowest BCUT2D eigenvalue weighted by Gasteiger charge is -2.31. The zero-order valence-electron chi connectivity index (χ0n) is 33.1. The largest absolute Gasteiger partial charge is 0.307 e. The molecule has 1 nitrogen and oxygen atoms in total. The Bertz CT molecular complexity index is 3400. The highest BCUT2D eigenvalue weighted by atomic mass is 32.1. The molecule has 0 radical (unpaired) electrons. The van der Waals surface area contributed by atoms with E-state index in [0.29, 0.717) is 0 Å². The quantitative estimate of drug-likeness (QED) is 0.147. The Balaban J connectivity index is 0.995. The maximum Gasteiger partial charge on any atom is 0.180 e. The molecule has 0 unspecified atom stereocenters. The zero-order valence-corrected chi connectivity index (χ0v) is 36.8. The van der Waals surface area contributed by atoms with Gasteiger partial charge >= 0.3 is 0 Å². The normalized spacial score (nSPS) is 14.2. The third kappa shape index (κ3) is 4.80. The summed E-state index contributed by atoms with van der Waals surface area (Å²) < 4.78 is 5.24. The van der Waals surface area contributed by atoms with E-state index in [9.17, 15) is 0 Å². The summed E-state index contributed by atoms with van der Waals surface area (Å²) in [5.41, 5.74) is 10.5. The molecule has 2 aliphatic heterocycles. The molecule has 3 aromatic heterocycles. The first-order chi connectivity index (χ1) is 30.3. The van der Waals surface area contributed by atoms with Crippen LogP contribution in [0.1, 0.15) is 0 Å². The predicted molar refractivity (Wildman–Crippen MR) is 267 cm³/mol. The van der Waals surface area contributed by atoms with Gasteiger partial charge in [-0.05, 0) is 105 Å². The summed E-state index contributed by atoms with van der Waals surface area (Å²) >= 11 is 3.79. The Morgan fingerprint density at radius 3 is 1.34 bits per heavy atom. The lowest BCUT2D eigenvalue weighted by molar-refractivity contribution is 1.19. The maximum absolute atomic E-state index is 2.56. The number of benzene rings is 8. The molecule has 0 atom stereocenters. The summed E-state index contributed by atoms with van der Waals surface area (Å²) in [6.45, 7) is 0. The molecule has 5 heteroatoms. The summed E-state index contributed by atoms with van der Waals surface area (Å²) in [6.07, 6.45) is 0. The van der Waals surface area contributed by atoms with Crippen LogP contribution in [0.3, 0.4) is 0 Å². The summed E-state index contributed by atoms with van der Waals surface area (Å²) in [4.78, 5) is 1.30. The molecule has 13 rings (SSSR count). The third-order valence-corrected chi connectivity index (χ3v) is 25.5. The molecular formula is C56H37NS2Si2. The monoisotopic (exact) mass is 843 g/mol. The number of nitrogens with zero attached hydrogens (tertiary/aromatic N) is 1. The van der Waals surface area contributed by atoms with E-state index in [2.05, 4.69) is 228 Å². The number of thiophene rings is 2. The van der Waals surface area contributed by atoms with Gasteiger partial charge in [0.25, 0.3) is 0 Å². The van der Waals surface area contributed by atoms with Gasteiger partial charge in [-0.25, -0.2) is 0 Å². The Labute approximate surface area is 365 Å². The summed E-state index contributed by atoms with van der Waals surface area (Å²) in [5.74, 6) is 0. The van der Waals surface area contributed by atoms with Crippen molar-refractivity contribution in [1.29, 1.82) is 0 Å². The standard InChI is InChI=1S/C56H37NS2Si2/c1-5-17-40(18-6-1)60(41-19-7-2-8-20-41)51-27-15-13-25-44(51)46-35-38(29-31-53(46)60)50-37-49-56(59-50)55-48(33-34-58-55)57(49)39-30-32-54-47(36-39)45-26-14-16-28-52(45)61(54,42-21-9-3-10-22-42)43-23-11-4-12-24-43/h1-37H. The van der Waals surface area contributed by atoms with E-state index in [0.717, 1.165) is 0 Å². The Morgan fingerprint density at radius 2 is 0.803 bits per heavy atom. The molecule has 0 spiro atoms. The second kappa shape index (κ2) is 13.4. The van der Waals surface area contributed by atoms with Crippen molar-refractivity contribution in [3.8, 4) is 38.4 Å². The highest BCUT2D eigenvalue weighted by Gasteiger charge is 2.50. The number of rotatable bonds is 6. The van der Waals surface area contributed by atoms with Gasteiger partial charge in [-0.15, -0.1) is 22.7 Å². The molecule has 0 N–H and O–H groups in total. The highest BCUT2D eigenvalue weighted by molar-refractivity contribution is 7.28. The molecule has 286 valence electrons. The third-order valence-electron chi connectivity index (χ3n) is 13.5. The van der Waals surface area contributed by atoms with Crippen molar-refractivity contribution >= 4 is 101 Å². The molecule has 0 bridgehead atoms. The zero-order chi connectivity index (χ0) is 40.1. The summed E-state index contributed by atoms with van der Waals surface area (Å²) in [7, 11) is -5.09. The second-order valence-corrected chi connectivity index (χ2v) is 25.8. The van der Waals surface area contributed by atoms with Gasteiger partial charge in [0.15, 0.2) is 16.1 Å². The molecule has 61 heavy (non-hydrogen) atoms. The van der Waals surface area contributed by atoms with Crippen LogP contribution in [-0.2, 0) is 0 Å². The minimum atomic E-state index is -2.56. The van der Waals surface area contributed by atoms with Crippen molar-refractivity contribution in [2.45, 2.75) is 0 Å². The van der Waals surface area contributed by atoms with E-state index in [4.69, 9.17) is 0 Å². The van der Waals surface area contributed by atoms with E-state index in [1.807, 2.05) is 22.7 Å². The lowest BCUT2D eigenvalue weighted by atomic mass is 10.0. The first-order valence-corrected chi connectivity index (χ1v) is 26.7. The number of aromatic nitrogens is 1. The van der Waals surface area contributed by atoms with Gasteiger partial charge in [0.1, 0.15) is 0 Å². The average molecular weight is 844 g/mol. The molecule has 11 aromatic rings.